The topological polar surface area (TPSA) is 40.7 Å². The molecule has 0 bridgehead atoms. The van der Waals surface area contributed by atoms with E-state index in [0.29, 0.717) is 4.99 Å². The number of para-hydroxylation sites is 1. The first-order chi connectivity index (χ1) is 7.27. The Labute approximate surface area is 93.5 Å². The van der Waals surface area contributed by atoms with Gasteiger partial charge in [-0.2, -0.15) is 5.10 Å². The number of aromatic nitrogens is 2. The van der Waals surface area contributed by atoms with Crippen LogP contribution in [0.5, 0.6) is 0 Å². The van der Waals surface area contributed by atoms with Crippen molar-refractivity contribution in [3.8, 4) is 0 Å². The van der Waals surface area contributed by atoms with Crippen LogP contribution in [0.1, 0.15) is 11.3 Å². The molecule has 0 aliphatic heterocycles. The van der Waals surface area contributed by atoms with Gasteiger partial charge in [-0.15, -0.1) is 0 Å². The number of anilines is 1. The van der Waals surface area contributed by atoms with Crippen molar-refractivity contribution in [3.63, 3.8) is 0 Å². The van der Waals surface area contributed by atoms with Gasteiger partial charge in [0.1, 0.15) is 4.99 Å². The molecule has 0 unspecified atom stereocenters. The SMILES string of the molecule is Cc1[nH]ncc1C(=S)Nc1ccccc1. The van der Waals surface area contributed by atoms with Gasteiger partial charge in [0, 0.05) is 16.9 Å². The quantitative estimate of drug-likeness (QED) is 0.759. The Bertz CT molecular complexity index is 462. The van der Waals surface area contributed by atoms with Crippen molar-refractivity contribution in [2.45, 2.75) is 6.92 Å². The van der Waals surface area contributed by atoms with Crippen molar-refractivity contribution in [1.29, 1.82) is 0 Å². The predicted molar refractivity (Wildman–Crippen MR) is 65.1 cm³/mol. The fourth-order valence-corrected chi connectivity index (χ4v) is 1.62. The molecule has 0 spiro atoms. The third-order valence-electron chi connectivity index (χ3n) is 2.11. The van der Waals surface area contributed by atoms with Crippen molar-refractivity contribution in [1.82, 2.24) is 10.2 Å². The number of rotatable bonds is 2. The lowest BCUT2D eigenvalue weighted by molar-refractivity contribution is 1.05. The molecule has 2 aromatic rings. The molecule has 1 aromatic heterocycles. The van der Waals surface area contributed by atoms with Crippen LogP contribution in [-0.4, -0.2) is 15.2 Å². The van der Waals surface area contributed by atoms with Gasteiger partial charge >= 0.3 is 0 Å². The summed E-state index contributed by atoms with van der Waals surface area (Å²) < 4.78 is 0. The van der Waals surface area contributed by atoms with Crippen molar-refractivity contribution >= 4 is 22.9 Å². The van der Waals surface area contributed by atoms with Crippen LogP contribution in [0.2, 0.25) is 0 Å². The molecule has 0 fully saturated rings. The maximum absolute atomic E-state index is 5.27. The molecular formula is C11H11N3S. The van der Waals surface area contributed by atoms with E-state index in [4.69, 9.17) is 12.2 Å². The number of benzene rings is 1. The van der Waals surface area contributed by atoms with Crippen LogP contribution in [0.25, 0.3) is 0 Å². The monoisotopic (exact) mass is 217 g/mol. The number of thiocarbonyl (C=S) groups is 1. The van der Waals surface area contributed by atoms with Crippen molar-refractivity contribution in [3.05, 3.63) is 47.8 Å². The second kappa shape index (κ2) is 4.23. The molecule has 0 saturated carbocycles. The van der Waals surface area contributed by atoms with E-state index in [1.165, 1.54) is 0 Å². The molecule has 0 amide bonds. The lowest BCUT2D eigenvalue weighted by Gasteiger charge is -2.06. The zero-order valence-electron chi connectivity index (χ0n) is 8.32. The second-order valence-electron chi connectivity index (χ2n) is 3.23. The van der Waals surface area contributed by atoms with Crippen LogP contribution < -0.4 is 5.32 Å². The zero-order chi connectivity index (χ0) is 10.7. The molecule has 4 heteroatoms. The summed E-state index contributed by atoms with van der Waals surface area (Å²) in [6.45, 7) is 1.95. The van der Waals surface area contributed by atoms with Gasteiger partial charge in [0.25, 0.3) is 0 Å². The van der Waals surface area contributed by atoms with Gasteiger partial charge in [0.2, 0.25) is 0 Å². The van der Waals surface area contributed by atoms with E-state index >= 15 is 0 Å². The summed E-state index contributed by atoms with van der Waals surface area (Å²) in [5, 5.41) is 9.95. The van der Waals surface area contributed by atoms with E-state index in [1.807, 2.05) is 37.3 Å². The third kappa shape index (κ3) is 2.22. The van der Waals surface area contributed by atoms with E-state index in [2.05, 4.69) is 15.5 Å². The minimum Gasteiger partial charge on any atom is -0.346 e. The fourth-order valence-electron chi connectivity index (χ4n) is 1.30. The summed E-state index contributed by atoms with van der Waals surface area (Å²) in [6.07, 6.45) is 1.73. The highest BCUT2D eigenvalue weighted by Crippen LogP contribution is 2.10. The Morgan fingerprint density at radius 3 is 2.67 bits per heavy atom. The van der Waals surface area contributed by atoms with Crippen LogP contribution in [-0.2, 0) is 0 Å². The smallest absolute Gasteiger partial charge is 0.114 e. The molecule has 76 valence electrons. The number of aryl methyl sites for hydroxylation is 1. The molecule has 1 aromatic carbocycles. The average molecular weight is 217 g/mol. The van der Waals surface area contributed by atoms with Crippen molar-refractivity contribution < 1.29 is 0 Å². The highest BCUT2D eigenvalue weighted by atomic mass is 32.1. The van der Waals surface area contributed by atoms with E-state index in [-0.39, 0.29) is 0 Å². The summed E-state index contributed by atoms with van der Waals surface area (Å²) in [7, 11) is 0. The molecule has 3 nitrogen and oxygen atoms in total. The van der Waals surface area contributed by atoms with Crippen LogP contribution in [0.3, 0.4) is 0 Å². The molecular weight excluding hydrogens is 206 g/mol. The number of nitrogens with zero attached hydrogens (tertiary/aromatic N) is 1. The lowest BCUT2D eigenvalue weighted by atomic mass is 10.2. The number of aromatic amines is 1. The molecule has 2 N–H and O–H groups in total. The van der Waals surface area contributed by atoms with E-state index in [1.54, 1.807) is 6.20 Å². The number of H-pyrrole nitrogens is 1. The van der Waals surface area contributed by atoms with Gasteiger partial charge in [-0.05, 0) is 19.1 Å². The maximum atomic E-state index is 5.27. The Kier molecular flexibility index (Phi) is 2.78. The van der Waals surface area contributed by atoms with Crippen LogP contribution in [0, 0.1) is 6.92 Å². The highest BCUT2D eigenvalue weighted by molar-refractivity contribution is 7.81. The fraction of sp³-hybridized carbons (Fsp3) is 0.0909. The molecule has 2 rings (SSSR count). The van der Waals surface area contributed by atoms with E-state index < -0.39 is 0 Å². The molecule has 0 aliphatic rings. The standard InChI is InChI=1S/C11H11N3S/c1-8-10(7-12-14-8)11(15)13-9-5-3-2-4-6-9/h2-7H,1H3,(H,12,14)(H,13,15). The Morgan fingerprint density at radius 1 is 1.33 bits per heavy atom. The second-order valence-corrected chi connectivity index (χ2v) is 3.64. The van der Waals surface area contributed by atoms with Crippen LogP contribution in [0.15, 0.2) is 36.5 Å². The number of hydrogen-bond acceptors (Lipinski definition) is 2. The largest absolute Gasteiger partial charge is 0.346 e. The first-order valence-corrected chi connectivity index (χ1v) is 5.04. The summed E-state index contributed by atoms with van der Waals surface area (Å²) in [4.78, 5) is 0.687. The van der Waals surface area contributed by atoms with Crippen LogP contribution in [0.4, 0.5) is 5.69 Å². The van der Waals surface area contributed by atoms with Crippen molar-refractivity contribution in [2.24, 2.45) is 0 Å². The average Bonchev–Trinajstić information content (AvgIpc) is 2.66. The third-order valence-corrected chi connectivity index (χ3v) is 2.43. The van der Waals surface area contributed by atoms with Gasteiger partial charge in [0.15, 0.2) is 0 Å². The van der Waals surface area contributed by atoms with Gasteiger partial charge in [0.05, 0.1) is 6.20 Å². The summed E-state index contributed by atoms with van der Waals surface area (Å²) in [5.74, 6) is 0. The number of hydrogen-bond donors (Lipinski definition) is 2. The first-order valence-electron chi connectivity index (χ1n) is 4.64. The predicted octanol–water partition coefficient (Wildman–Crippen LogP) is 2.51. The number of nitrogens with one attached hydrogen (secondary N) is 2. The zero-order valence-corrected chi connectivity index (χ0v) is 9.14. The minimum absolute atomic E-state index is 0.687. The van der Waals surface area contributed by atoms with Crippen molar-refractivity contribution in [2.75, 3.05) is 5.32 Å². The van der Waals surface area contributed by atoms with E-state index in [9.17, 15) is 0 Å². The minimum atomic E-state index is 0.687. The molecule has 1 heterocycles. The van der Waals surface area contributed by atoms with Gasteiger partial charge in [-0.1, -0.05) is 30.4 Å². The van der Waals surface area contributed by atoms with E-state index in [0.717, 1.165) is 16.9 Å². The van der Waals surface area contributed by atoms with Gasteiger partial charge in [-0.3, -0.25) is 5.10 Å². The summed E-state index contributed by atoms with van der Waals surface area (Å²) in [5.41, 5.74) is 2.90. The molecule has 0 radical (unpaired) electrons. The Balaban J connectivity index is 2.15. The summed E-state index contributed by atoms with van der Waals surface area (Å²) >= 11 is 5.27. The maximum Gasteiger partial charge on any atom is 0.114 e. The van der Waals surface area contributed by atoms with Crippen LogP contribution >= 0.6 is 12.2 Å². The normalized spacial score (nSPS) is 9.93. The molecule has 0 saturated heterocycles. The van der Waals surface area contributed by atoms with Gasteiger partial charge < -0.3 is 5.32 Å². The molecule has 0 atom stereocenters. The summed E-state index contributed by atoms with van der Waals surface area (Å²) in [6, 6.07) is 9.85. The Morgan fingerprint density at radius 2 is 2.07 bits per heavy atom. The molecule has 0 aliphatic carbocycles. The van der Waals surface area contributed by atoms with Gasteiger partial charge in [-0.25, -0.2) is 0 Å². The molecule has 15 heavy (non-hydrogen) atoms. The lowest BCUT2D eigenvalue weighted by Crippen LogP contribution is -2.10. The first kappa shape index (κ1) is 9.86. The Hall–Kier alpha value is -1.68. The highest BCUT2D eigenvalue weighted by Gasteiger charge is 2.06.